The predicted octanol–water partition coefficient (Wildman–Crippen LogP) is 5.77. The molecule has 3 rings (SSSR count). The minimum Gasteiger partial charge on any atom is -0.493 e. The molecule has 2 unspecified atom stereocenters. The highest BCUT2D eigenvalue weighted by Gasteiger charge is 2.16. The van der Waals surface area contributed by atoms with Crippen molar-refractivity contribution in [1.29, 1.82) is 0 Å². The Morgan fingerprint density at radius 1 is 1.07 bits per heavy atom. The van der Waals surface area contributed by atoms with Gasteiger partial charge in [-0.25, -0.2) is 0 Å². The molecule has 0 aliphatic carbocycles. The molecule has 1 aromatic heterocycles. The third-order valence-electron chi connectivity index (χ3n) is 5.51. The molecule has 0 aliphatic heterocycles. The predicted molar refractivity (Wildman–Crippen MR) is 114 cm³/mol. The molecular formula is C24H29NO3. The summed E-state index contributed by atoms with van der Waals surface area (Å²) < 4.78 is 6.19. The lowest BCUT2D eigenvalue weighted by molar-refractivity contribution is -0.141. The molecule has 0 amide bonds. The van der Waals surface area contributed by atoms with Gasteiger partial charge in [0.05, 0.1) is 12.5 Å². The van der Waals surface area contributed by atoms with Gasteiger partial charge in [-0.05, 0) is 65.1 Å². The second kappa shape index (κ2) is 8.51. The number of H-pyrrole nitrogens is 1. The molecular weight excluding hydrogens is 350 g/mol. The maximum absolute atomic E-state index is 11.3. The van der Waals surface area contributed by atoms with E-state index in [1.807, 2.05) is 18.3 Å². The summed E-state index contributed by atoms with van der Waals surface area (Å²) >= 11 is 0. The van der Waals surface area contributed by atoms with Gasteiger partial charge in [-0.3, -0.25) is 4.79 Å². The number of aliphatic carboxylic acids is 1. The first-order chi connectivity index (χ1) is 13.3. The number of aromatic amines is 1. The summed E-state index contributed by atoms with van der Waals surface area (Å²) in [5, 5.41) is 10.4. The van der Waals surface area contributed by atoms with Crippen LogP contribution in [0, 0.1) is 17.8 Å². The van der Waals surface area contributed by atoms with E-state index in [0.29, 0.717) is 24.9 Å². The van der Waals surface area contributed by atoms with Crippen LogP contribution in [0.3, 0.4) is 0 Å². The highest BCUT2D eigenvalue weighted by Crippen LogP contribution is 2.34. The molecule has 1 heterocycles. The average Bonchev–Trinajstić information content (AvgIpc) is 3.14. The first-order valence-electron chi connectivity index (χ1n) is 9.91. The molecule has 0 spiro atoms. The first-order valence-corrected chi connectivity index (χ1v) is 9.91. The van der Waals surface area contributed by atoms with Gasteiger partial charge < -0.3 is 14.8 Å². The Morgan fingerprint density at radius 2 is 1.86 bits per heavy atom. The molecule has 148 valence electrons. The highest BCUT2D eigenvalue weighted by atomic mass is 16.5. The number of nitrogens with one attached hydrogen (secondary N) is 1. The fraction of sp³-hybridized carbons (Fsp3) is 0.375. The van der Waals surface area contributed by atoms with Crippen LogP contribution in [0.4, 0.5) is 0 Å². The Balaban J connectivity index is 1.97. The molecule has 4 nitrogen and oxygen atoms in total. The fourth-order valence-electron chi connectivity index (χ4n) is 3.13. The molecule has 0 fully saturated rings. The van der Waals surface area contributed by atoms with Crippen LogP contribution >= 0.6 is 0 Å². The Kier molecular flexibility index (Phi) is 6.08. The summed E-state index contributed by atoms with van der Waals surface area (Å²) in [4.78, 5) is 14.5. The number of carboxylic acid groups (broad SMARTS) is 1. The smallest absolute Gasteiger partial charge is 0.306 e. The van der Waals surface area contributed by atoms with Crippen molar-refractivity contribution < 1.29 is 14.6 Å². The number of rotatable bonds is 8. The number of hydrogen-bond donors (Lipinski definition) is 2. The van der Waals surface area contributed by atoms with E-state index in [-0.39, 0.29) is 0 Å². The van der Waals surface area contributed by atoms with Gasteiger partial charge in [-0.15, -0.1) is 0 Å². The van der Waals surface area contributed by atoms with Gasteiger partial charge in [0, 0.05) is 17.3 Å². The Hall–Kier alpha value is -2.75. The zero-order valence-corrected chi connectivity index (χ0v) is 17.0. The van der Waals surface area contributed by atoms with Gasteiger partial charge in [-0.1, -0.05) is 39.8 Å². The zero-order valence-electron chi connectivity index (χ0n) is 17.0. The van der Waals surface area contributed by atoms with Crippen molar-refractivity contribution in [2.45, 2.75) is 34.1 Å². The number of aromatic nitrogens is 1. The molecule has 3 aromatic rings. The topological polar surface area (TPSA) is 62.3 Å². The van der Waals surface area contributed by atoms with E-state index in [0.717, 1.165) is 33.3 Å². The third kappa shape index (κ3) is 4.56. The van der Waals surface area contributed by atoms with Gasteiger partial charge in [-0.2, -0.15) is 0 Å². The van der Waals surface area contributed by atoms with Crippen LogP contribution in [0.2, 0.25) is 0 Å². The maximum Gasteiger partial charge on any atom is 0.306 e. The quantitative estimate of drug-likeness (QED) is 0.522. The molecule has 2 aromatic carbocycles. The third-order valence-corrected chi connectivity index (χ3v) is 5.51. The number of ether oxygens (including phenoxy) is 1. The second-order valence-electron chi connectivity index (χ2n) is 8.09. The standard InChI is InChI=1S/C24H29NO3/c1-15(2)17(4)14-28-23-8-5-18(11-16(3)24(26)27)12-21(23)19-6-7-22-20(13-19)9-10-25-22/h5-10,12-13,15-17,25H,11,14H2,1-4H3,(H,26,27). The SMILES string of the molecule is CC(Cc1ccc(OCC(C)C(C)C)c(-c2ccc3[nH]ccc3c2)c1)C(=O)O. The minimum absolute atomic E-state index is 0.423. The molecule has 0 radical (unpaired) electrons. The van der Waals surface area contributed by atoms with E-state index in [1.54, 1.807) is 6.92 Å². The van der Waals surface area contributed by atoms with E-state index >= 15 is 0 Å². The van der Waals surface area contributed by atoms with Crippen molar-refractivity contribution >= 4 is 16.9 Å². The van der Waals surface area contributed by atoms with Crippen molar-refractivity contribution in [1.82, 2.24) is 4.98 Å². The monoisotopic (exact) mass is 379 g/mol. The van der Waals surface area contributed by atoms with Crippen LogP contribution in [-0.2, 0) is 11.2 Å². The summed E-state index contributed by atoms with van der Waals surface area (Å²) in [6, 6.07) is 14.4. The molecule has 0 saturated heterocycles. The lowest BCUT2D eigenvalue weighted by Gasteiger charge is -2.19. The van der Waals surface area contributed by atoms with Crippen LogP contribution in [0.25, 0.3) is 22.0 Å². The van der Waals surface area contributed by atoms with Crippen molar-refractivity contribution in [2.24, 2.45) is 17.8 Å². The van der Waals surface area contributed by atoms with Crippen LogP contribution in [0.15, 0.2) is 48.7 Å². The van der Waals surface area contributed by atoms with Crippen LogP contribution in [0.5, 0.6) is 5.75 Å². The van der Waals surface area contributed by atoms with Crippen molar-refractivity contribution in [2.75, 3.05) is 6.61 Å². The van der Waals surface area contributed by atoms with Gasteiger partial charge in [0.2, 0.25) is 0 Å². The summed E-state index contributed by atoms with van der Waals surface area (Å²) in [6.07, 6.45) is 2.43. The lowest BCUT2D eigenvalue weighted by atomic mass is 9.95. The Morgan fingerprint density at radius 3 is 2.57 bits per heavy atom. The summed E-state index contributed by atoms with van der Waals surface area (Å²) in [5.74, 6) is 0.644. The van der Waals surface area contributed by atoms with Gasteiger partial charge in [0.1, 0.15) is 5.75 Å². The molecule has 0 saturated carbocycles. The lowest BCUT2D eigenvalue weighted by Crippen LogP contribution is -2.15. The normalized spacial score (nSPS) is 13.6. The number of fused-ring (bicyclic) bond motifs is 1. The second-order valence-corrected chi connectivity index (χ2v) is 8.09. The number of hydrogen-bond acceptors (Lipinski definition) is 2. The fourth-order valence-corrected chi connectivity index (χ4v) is 3.13. The van der Waals surface area contributed by atoms with E-state index in [2.05, 4.69) is 56.1 Å². The Bertz CT molecular complexity index is 957. The molecule has 0 aliphatic rings. The first kappa shape index (κ1) is 20.0. The molecule has 2 atom stereocenters. The largest absolute Gasteiger partial charge is 0.493 e. The molecule has 0 bridgehead atoms. The molecule has 28 heavy (non-hydrogen) atoms. The van der Waals surface area contributed by atoms with Gasteiger partial charge >= 0.3 is 5.97 Å². The van der Waals surface area contributed by atoms with Crippen LogP contribution in [0.1, 0.15) is 33.3 Å². The van der Waals surface area contributed by atoms with E-state index in [9.17, 15) is 9.90 Å². The zero-order chi connectivity index (χ0) is 20.3. The maximum atomic E-state index is 11.3. The van der Waals surface area contributed by atoms with Gasteiger partial charge in [0.15, 0.2) is 0 Å². The highest BCUT2D eigenvalue weighted by molar-refractivity contribution is 5.86. The number of benzene rings is 2. The molecule has 4 heteroatoms. The molecule has 2 N–H and O–H groups in total. The van der Waals surface area contributed by atoms with Gasteiger partial charge in [0.25, 0.3) is 0 Å². The van der Waals surface area contributed by atoms with Crippen molar-refractivity contribution in [3.63, 3.8) is 0 Å². The Labute approximate surface area is 166 Å². The summed E-state index contributed by atoms with van der Waals surface area (Å²) in [6.45, 7) is 8.99. The number of carboxylic acids is 1. The van der Waals surface area contributed by atoms with Crippen LogP contribution < -0.4 is 4.74 Å². The minimum atomic E-state index is -0.777. The van der Waals surface area contributed by atoms with Crippen molar-refractivity contribution in [3.05, 3.63) is 54.2 Å². The van der Waals surface area contributed by atoms with Crippen molar-refractivity contribution in [3.8, 4) is 16.9 Å². The average molecular weight is 380 g/mol. The summed E-state index contributed by atoms with van der Waals surface area (Å²) in [7, 11) is 0. The number of carbonyl (C=O) groups is 1. The van der Waals surface area contributed by atoms with E-state index in [1.165, 1.54) is 0 Å². The van der Waals surface area contributed by atoms with E-state index < -0.39 is 11.9 Å². The van der Waals surface area contributed by atoms with Crippen LogP contribution in [-0.4, -0.2) is 22.7 Å². The summed E-state index contributed by atoms with van der Waals surface area (Å²) in [5.41, 5.74) is 4.18. The van der Waals surface area contributed by atoms with E-state index in [4.69, 9.17) is 4.74 Å².